The van der Waals surface area contributed by atoms with Crippen LogP contribution in [0.15, 0.2) is 29.3 Å². The van der Waals surface area contributed by atoms with Crippen LogP contribution < -0.4 is 10.6 Å². The van der Waals surface area contributed by atoms with Crippen LogP contribution >= 0.6 is 0 Å². The van der Waals surface area contributed by atoms with E-state index in [1.54, 1.807) is 0 Å². The first-order valence-electron chi connectivity index (χ1n) is 11.2. The van der Waals surface area contributed by atoms with Gasteiger partial charge >= 0.3 is 0 Å². The summed E-state index contributed by atoms with van der Waals surface area (Å²) in [6.07, 6.45) is 5.29. The number of aromatic nitrogens is 3. The molecule has 7 nitrogen and oxygen atoms in total. The van der Waals surface area contributed by atoms with Gasteiger partial charge in [-0.05, 0) is 31.7 Å². The van der Waals surface area contributed by atoms with Gasteiger partial charge in [0.2, 0.25) is 0 Å². The summed E-state index contributed by atoms with van der Waals surface area (Å²) >= 11 is 0. The minimum Gasteiger partial charge on any atom is -0.373 e. The zero-order valence-corrected chi connectivity index (χ0v) is 18.4. The number of aryl methyl sites for hydroxylation is 3. The summed E-state index contributed by atoms with van der Waals surface area (Å²) < 4.78 is 8.22. The van der Waals surface area contributed by atoms with Crippen LogP contribution in [0.3, 0.4) is 0 Å². The number of fused-ring (bicyclic) bond motifs is 1. The lowest BCUT2D eigenvalue weighted by Crippen LogP contribution is -2.48. The molecule has 1 aromatic heterocycles. The van der Waals surface area contributed by atoms with E-state index in [0.717, 1.165) is 69.4 Å². The van der Waals surface area contributed by atoms with Gasteiger partial charge in [-0.2, -0.15) is 5.10 Å². The van der Waals surface area contributed by atoms with Crippen molar-refractivity contribution in [3.63, 3.8) is 0 Å². The highest BCUT2D eigenvalue weighted by Crippen LogP contribution is 2.33. The van der Waals surface area contributed by atoms with Crippen LogP contribution in [0, 0.1) is 12.8 Å². The number of guanidine groups is 1. The quantitative estimate of drug-likeness (QED) is 0.586. The van der Waals surface area contributed by atoms with E-state index in [0.29, 0.717) is 12.0 Å². The Bertz CT molecular complexity index is 859. The van der Waals surface area contributed by atoms with Crippen molar-refractivity contribution in [2.75, 3.05) is 20.2 Å². The number of nitrogens with zero attached hydrogens (tertiary/aromatic N) is 4. The van der Waals surface area contributed by atoms with Gasteiger partial charge in [-0.1, -0.05) is 36.8 Å². The smallest absolute Gasteiger partial charge is 0.191 e. The van der Waals surface area contributed by atoms with E-state index in [1.165, 1.54) is 11.1 Å². The molecule has 1 saturated heterocycles. The van der Waals surface area contributed by atoms with E-state index in [1.807, 2.05) is 7.05 Å². The predicted molar refractivity (Wildman–Crippen MR) is 119 cm³/mol. The maximum atomic E-state index is 6.17. The molecule has 0 radical (unpaired) electrons. The van der Waals surface area contributed by atoms with Gasteiger partial charge in [-0.3, -0.25) is 4.99 Å². The molecule has 3 atom stereocenters. The Labute approximate surface area is 179 Å². The Morgan fingerprint density at radius 3 is 2.87 bits per heavy atom. The highest BCUT2D eigenvalue weighted by atomic mass is 16.5. The molecule has 4 rings (SSSR count). The molecule has 0 spiro atoms. The molecule has 2 N–H and O–H groups in total. The summed E-state index contributed by atoms with van der Waals surface area (Å²) in [4.78, 5) is 9.07. The summed E-state index contributed by atoms with van der Waals surface area (Å²) in [7, 11) is 1.84. The van der Waals surface area contributed by atoms with Gasteiger partial charge in [-0.15, -0.1) is 0 Å². The van der Waals surface area contributed by atoms with Crippen LogP contribution in [0.4, 0.5) is 0 Å². The molecule has 3 heterocycles. The molecule has 2 aromatic rings. The molecule has 1 aromatic carbocycles. The SMILES string of the molecule is CCc1nc2n(n1)CC(NC(=NC)NCC1CCCOC1c1ccc(C)cc1)CC2. The second-order valence-corrected chi connectivity index (χ2v) is 8.42. The topological polar surface area (TPSA) is 76.4 Å². The average molecular weight is 411 g/mol. The van der Waals surface area contributed by atoms with Crippen LogP contribution in [-0.2, 0) is 24.1 Å². The Kier molecular flexibility index (Phi) is 6.67. The highest BCUT2D eigenvalue weighted by molar-refractivity contribution is 5.80. The summed E-state index contributed by atoms with van der Waals surface area (Å²) in [5.41, 5.74) is 2.55. The van der Waals surface area contributed by atoms with E-state index in [2.05, 4.69) is 68.5 Å². The number of rotatable bonds is 5. The van der Waals surface area contributed by atoms with E-state index in [-0.39, 0.29) is 6.10 Å². The molecule has 30 heavy (non-hydrogen) atoms. The van der Waals surface area contributed by atoms with Crippen molar-refractivity contribution in [1.29, 1.82) is 0 Å². The van der Waals surface area contributed by atoms with Gasteiger partial charge in [-0.25, -0.2) is 9.67 Å². The summed E-state index contributed by atoms with van der Waals surface area (Å²) in [6, 6.07) is 9.06. The van der Waals surface area contributed by atoms with Crippen LogP contribution in [-0.4, -0.2) is 47.0 Å². The standard InChI is InChI=1S/C23H34N6O/c1-4-20-27-21-12-11-19(15-29(21)28-20)26-23(24-3)25-14-18-6-5-13-30-22(18)17-9-7-16(2)8-10-17/h7-10,18-19,22H,4-6,11-15H2,1-3H3,(H2,24,25,26). The highest BCUT2D eigenvalue weighted by Gasteiger charge is 2.28. The molecule has 2 aliphatic heterocycles. The maximum Gasteiger partial charge on any atom is 0.191 e. The fraction of sp³-hybridized carbons (Fsp3) is 0.609. The molecule has 3 unspecified atom stereocenters. The van der Waals surface area contributed by atoms with Crippen LogP contribution in [0.25, 0.3) is 0 Å². The third-order valence-corrected chi connectivity index (χ3v) is 6.17. The molecule has 0 saturated carbocycles. The Morgan fingerprint density at radius 1 is 1.27 bits per heavy atom. The van der Waals surface area contributed by atoms with Crippen molar-refractivity contribution in [2.45, 2.75) is 64.6 Å². The summed E-state index contributed by atoms with van der Waals surface area (Å²) in [5, 5.41) is 11.7. The zero-order valence-electron chi connectivity index (χ0n) is 18.4. The lowest BCUT2D eigenvalue weighted by molar-refractivity contribution is -0.0265. The number of aliphatic imine (C=N–C) groups is 1. The van der Waals surface area contributed by atoms with E-state index in [9.17, 15) is 0 Å². The van der Waals surface area contributed by atoms with Crippen molar-refractivity contribution >= 4 is 5.96 Å². The molecule has 0 aliphatic carbocycles. The van der Waals surface area contributed by atoms with Gasteiger partial charge in [0.05, 0.1) is 12.6 Å². The van der Waals surface area contributed by atoms with Crippen LogP contribution in [0.2, 0.25) is 0 Å². The van der Waals surface area contributed by atoms with Crippen molar-refractivity contribution in [3.05, 3.63) is 47.0 Å². The molecule has 7 heteroatoms. The third-order valence-electron chi connectivity index (χ3n) is 6.17. The monoisotopic (exact) mass is 410 g/mol. The van der Waals surface area contributed by atoms with Gasteiger partial charge < -0.3 is 15.4 Å². The largest absolute Gasteiger partial charge is 0.373 e. The predicted octanol–water partition coefficient (Wildman–Crippen LogP) is 2.80. The van der Waals surface area contributed by atoms with Crippen molar-refractivity contribution in [2.24, 2.45) is 10.9 Å². The Balaban J connectivity index is 1.34. The number of hydrogen-bond acceptors (Lipinski definition) is 4. The van der Waals surface area contributed by atoms with Crippen molar-refractivity contribution in [1.82, 2.24) is 25.4 Å². The molecule has 0 bridgehead atoms. The second-order valence-electron chi connectivity index (χ2n) is 8.42. The zero-order chi connectivity index (χ0) is 20.9. The average Bonchev–Trinajstić information content (AvgIpc) is 3.20. The van der Waals surface area contributed by atoms with Crippen LogP contribution in [0.1, 0.15) is 55.1 Å². The van der Waals surface area contributed by atoms with Gasteiger partial charge in [0.15, 0.2) is 11.8 Å². The van der Waals surface area contributed by atoms with E-state index < -0.39 is 0 Å². The molecule has 2 aliphatic rings. The van der Waals surface area contributed by atoms with Gasteiger partial charge in [0, 0.05) is 45.0 Å². The Morgan fingerprint density at radius 2 is 2.10 bits per heavy atom. The van der Waals surface area contributed by atoms with Crippen molar-refractivity contribution < 1.29 is 4.74 Å². The van der Waals surface area contributed by atoms with Crippen LogP contribution in [0.5, 0.6) is 0 Å². The first-order valence-corrected chi connectivity index (χ1v) is 11.2. The molecular weight excluding hydrogens is 376 g/mol. The van der Waals surface area contributed by atoms with E-state index >= 15 is 0 Å². The minimum absolute atomic E-state index is 0.143. The van der Waals surface area contributed by atoms with E-state index in [4.69, 9.17) is 4.74 Å². The number of ether oxygens (including phenoxy) is 1. The minimum atomic E-state index is 0.143. The molecule has 0 amide bonds. The molecular formula is C23H34N6O. The normalized spacial score (nSPS) is 24.4. The third kappa shape index (κ3) is 4.83. The van der Waals surface area contributed by atoms with Crippen molar-refractivity contribution in [3.8, 4) is 0 Å². The first-order chi connectivity index (χ1) is 14.7. The fourth-order valence-electron chi connectivity index (χ4n) is 4.42. The second kappa shape index (κ2) is 9.60. The number of hydrogen-bond donors (Lipinski definition) is 2. The lowest BCUT2D eigenvalue weighted by atomic mass is 9.89. The first kappa shape index (κ1) is 20.8. The molecule has 1 fully saturated rings. The number of benzene rings is 1. The molecule has 162 valence electrons. The van der Waals surface area contributed by atoms with Gasteiger partial charge in [0.25, 0.3) is 0 Å². The fourth-order valence-corrected chi connectivity index (χ4v) is 4.42. The Hall–Kier alpha value is -2.41. The maximum absolute atomic E-state index is 6.17. The van der Waals surface area contributed by atoms with Gasteiger partial charge in [0.1, 0.15) is 5.82 Å². The number of nitrogens with one attached hydrogen (secondary N) is 2. The lowest BCUT2D eigenvalue weighted by Gasteiger charge is -2.33. The summed E-state index contributed by atoms with van der Waals surface area (Å²) in [5.74, 6) is 3.33. The summed E-state index contributed by atoms with van der Waals surface area (Å²) in [6.45, 7) is 6.74.